The number of aryl methyl sites for hydroxylation is 1. The van der Waals surface area contributed by atoms with E-state index in [0.29, 0.717) is 12.3 Å². The van der Waals surface area contributed by atoms with Crippen LogP contribution in [0.5, 0.6) is 0 Å². The molecule has 0 spiro atoms. The summed E-state index contributed by atoms with van der Waals surface area (Å²) in [5.41, 5.74) is 2.47. The summed E-state index contributed by atoms with van der Waals surface area (Å²) >= 11 is 0. The molecule has 80 valence electrons. The molecule has 0 aromatic heterocycles. The number of carboxylic acid groups (broad SMARTS) is 1. The maximum atomic E-state index is 10.8. The van der Waals surface area contributed by atoms with Crippen molar-refractivity contribution < 1.29 is 9.90 Å². The van der Waals surface area contributed by atoms with Crippen molar-refractivity contribution in [2.45, 2.75) is 25.3 Å². The first-order valence-electron chi connectivity index (χ1n) is 5.19. The zero-order valence-corrected chi connectivity index (χ0v) is 8.73. The molecule has 0 aliphatic carbocycles. The monoisotopic (exact) mass is 205 g/mol. The van der Waals surface area contributed by atoms with Gasteiger partial charge in [-0.25, -0.2) is 0 Å². The summed E-state index contributed by atoms with van der Waals surface area (Å²) in [6.45, 7) is 2.82. The van der Waals surface area contributed by atoms with E-state index in [9.17, 15) is 4.79 Å². The molecule has 1 aromatic carbocycles. The molecule has 0 bridgehead atoms. The van der Waals surface area contributed by atoms with E-state index >= 15 is 0 Å². The summed E-state index contributed by atoms with van der Waals surface area (Å²) in [5.74, 6) is -0.406. The Morgan fingerprint density at radius 2 is 2.07 bits per heavy atom. The number of aliphatic carboxylic acids is 1. The second-order valence-electron chi connectivity index (χ2n) is 4.14. The molecule has 0 unspecified atom stereocenters. The van der Waals surface area contributed by atoms with Gasteiger partial charge in [-0.1, -0.05) is 29.8 Å². The SMILES string of the molecule is Cc1ccc([C@@H]2CN[C@H](C(=O)O)C2)cc1. The van der Waals surface area contributed by atoms with E-state index in [1.165, 1.54) is 11.1 Å². The highest BCUT2D eigenvalue weighted by molar-refractivity contribution is 5.74. The smallest absolute Gasteiger partial charge is 0.320 e. The number of nitrogens with one attached hydrogen (secondary N) is 1. The highest BCUT2D eigenvalue weighted by Gasteiger charge is 2.29. The fourth-order valence-electron chi connectivity index (χ4n) is 2.02. The Morgan fingerprint density at radius 3 is 2.60 bits per heavy atom. The molecule has 2 rings (SSSR count). The van der Waals surface area contributed by atoms with Crippen molar-refractivity contribution in [2.75, 3.05) is 6.54 Å². The first-order chi connectivity index (χ1) is 7.16. The van der Waals surface area contributed by atoms with E-state index in [0.717, 1.165) is 6.54 Å². The van der Waals surface area contributed by atoms with Gasteiger partial charge in [-0.15, -0.1) is 0 Å². The molecular weight excluding hydrogens is 190 g/mol. The van der Waals surface area contributed by atoms with Crippen LogP contribution in [0, 0.1) is 6.92 Å². The van der Waals surface area contributed by atoms with Crippen LogP contribution in [0.2, 0.25) is 0 Å². The summed E-state index contributed by atoms with van der Waals surface area (Å²) < 4.78 is 0. The van der Waals surface area contributed by atoms with Crippen molar-refractivity contribution in [1.29, 1.82) is 0 Å². The maximum Gasteiger partial charge on any atom is 0.320 e. The van der Waals surface area contributed by atoms with Gasteiger partial charge in [0.15, 0.2) is 0 Å². The third-order valence-corrected chi connectivity index (χ3v) is 2.98. The molecule has 2 N–H and O–H groups in total. The first-order valence-corrected chi connectivity index (χ1v) is 5.19. The van der Waals surface area contributed by atoms with Crippen molar-refractivity contribution in [1.82, 2.24) is 5.32 Å². The van der Waals surface area contributed by atoms with Crippen LogP contribution in [0.1, 0.15) is 23.5 Å². The van der Waals surface area contributed by atoms with E-state index in [4.69, 9.17) is 5.11 Å². The Morgan fingerprint density at radius 1 is 1.40 bits per heavy atom. The molecular formula is C12H15NO2. The van der Waals surface area contributed by atoms with Gasteiger partial charge >= 0.3 is 5.97 Å². The summed E-state index contributed by atoms with van der Waals surface area (Å²) in [6.07, 6.45) is 0.693. The van der Waals surface area contributed by atoms with Gasteiger partial charge in [0.05, 0.1) is 0 Å². The highest BCUT2D eigenvalue weighted by atomic mass is 16.4. The fourth-order valence-corrected chi connectivity index (χ4v) is 2.02. The predicted octanol–water partition coefficient (Wildman–Crippen LogP) is 1.53. The lowest BCUT2D eigenvalue weighted by atomic mass is 9.95. The Hall–Kier alpha value is -1.35. The quantitative estimate of drug-likeness (QED) is 0.769. The number of benzene rings is 1. The predicted molar refractivity (Wildman–Crippen MR) is 58.0 cm³/mol. The minimum atomic E-state index is -0.746. The summed E-state index contributed by atoms with van der Waals surface area (Å²) in [4.78, 5) is 10.8. The van der Waals surface area contributed by atoms with Gasteiger partial charge in [0, 0.05) is 6.54 Å². The standard InChI is InChI=1S/C12H15NO2/c1-8-2-4-9(5-3-8)10-6-11(12(14)15)13-7-10/h2-5,10-11,13H,6-7H2,1H3,(H,14,15)/t10-,11-/m0/s1. The van der Waals surface area contributed by atoms with Crippen molar-refractivity contribution in [3.8, 4) is 0 Å². The minimum absolute atomic E-state index is 0.340. The third kappa shape index (κ3) is 2.18. The molecule has 3 heteroatoms. The van der Waals surface area contributed by atoms with Gasteiger partial charge in [0.1, 0.15) is 6.04 Å². The molecule has 15 heavy (non-hydrogen) atoms. The largest absolute Gasteiger partial charge is 0.480 e. The van der Waals surface area contributed by atoms with Crippen LogP contribution in [0.25, 0.3) is 0 Å². The average Bonchev–Trinajstić information content (AvgIpc) is 2.68. The number of hydrogen-bond donors (Lipinski definition) is 2. The minimum Gasteiger partial charge on any atom is -0.480 e. The number of carboxylic acids is 1. The Labute approximate surface area is 89.1 Å². The molecule has 1 saturated heterocycles. The van der Waals surface area contributed by atoms with Crippen LogP contribution in [0.4, 0.5) is 0 Å². The number of carbonyl (C=O) groups is 1. The Bertz CT molecular complexity index is 358. The van der Waals surface area contributed by atoms with Crippen LogP contribution in [-0.4, -0.2) is 23.7 Å². The van der Waals surface area contributed by atoms with Crippen LogP contribution >= 0.6 is 0 Å². The van der Waals surface area contributed by atoms with Crippen molar-refractivity contribution in [3.05, 3.63) is 35.4 Å². The zero-order chi connectivity index (χ0) is 10.8. The summed E-state index contributed by atoms with van der Waals surface area (Å²) in [7, 11) is 0. The Balaban J connectivity index is 2.07. The zero-order valence-electron chi connectivity index (χ0n) is 8.73. The second-order valence-corrected chi connectivity index (χ2v) is 4.14. The summed E-state index contributed by atoms with van der Waals surface area (Å²) in [6, 6.07) is 7.95. The van der Waals surface area contributed by atoms with Gasteiger partial charge in [-0.05, 0) is 24.8 Å². The second kappa shape index (κ2) is 4.03. The van der Waals surface area contributed by atoms with Gasteiger partial charge in [0.2, 0.25) is 0 Å². The van der Waals surface area contributed by atoms with E-state index < -0.39 is 5.97 Å². The molecule has 0 amide bonds. The first kappa shape index (κ1) is 10.2. The lowest BCUT2D eigenvalue weighted by molar-refractivity contribution is -0.139. The van der Waals surface area contributed by atoms with E-state index in [2.05, 4.69) is 36.5 Å². The summed E-state index contributed by atoms with van der Waals surface area (Å²) in [5, 5.41) is 11.9. The van der Waals surface area contributed by atoms with E-state index in [-0.39, 0.29) is 6.04 Å². The molecule has 1 fully saturated rings. The average molecular weight is 205 g/mol. The molecule has 1 aromatic rings. The van der Waals surface area contributed by atoms with Crippen LogP contribution in [0.3, 0.4) is 0 Å². The Kier molecular flexibility index (Phi) is 2.73. The topological polar surface area (TPSA) is 49.3 Å². The lowest BCUT2D eigenvalue weighted by Crippen LogP contribution is -2.29. The van der Waals surface area contributed by atoms with Crippen LogP contribution in [-0.2, 0) is 4.79 Å². The molecule has 0 saturated carbocycles. The van der Waals surface area contributed by atoms with Crippen molar-refractivity contribution >= 4 is 5.97 Å². The van der Waals surface area contributed by atoms with Crippen molar-refractivity contribution in [2.24, 2.45) is 0 Å². The molecule has 2 atom stereocenters. The van der Waals surface area contributed by atoms with Crippen molar-refractivity contribution in [3.63, 3.8) is 0 Å². The van der Waals surface area contributed by atoms with E-state index in [1.54, 1.807) is 0 Å². The van der Waals surface area contributed by atoms with Gasteiger partial charge in [0.25, 0.3) is 0 Å². The van der Waals surface area contributed by atoms with Gasteiger partial charge in [-0.3, -0.25) is 4.79 Å². The molecule has 3 nitrogen and oxygen atoms in total. The van der Waals surface area contributed by atoms with Gasteiger partial charge in [-0.2, -0.15) is 0 Å². The number of hydrogen-bond acceptors (Lipinski definition) is 2. The molecule has 1 heterocycles. The molecule has 1 aliphatic heterocycles. The number of rotatable bonds is 2. The van der Waals surface area contributed by atoms with Crippen LogP contribution in [0.15, 0.2) is 24.3 Å². The normalized spacial score (nSPS) is 25.4. The van der Waals surface area contributed by atoms with Gasteiger partial charge < -0.3 is 10.4 Å². The van der Waals surface area contributed by atoms with Crippen LogP contribution < -0.4 is 5.32 Å². The third-order valence-electron chi connectivity index (χ3n) is 2.98. The molecule has 0 radical (unpaired) electrons. The molecule has 1 aliphatic rings. The highest BCUT2D eigenvalue weighted by Crippen LogP contribution is 2.25. The maximum absolute atomic E-state index is 10.8. The lowest BCUT2D eigenvalue weighted by Gasteiger charge is -2.08. The van der Waals surface area contributed by atoms with E-state index in [1.807, 2.05) is 0 Å². The fraction of sp³-hybridized carbons (Fsp3) is 0.417.